The largest absolute Gasteiger partial charge is 0.391 e. The predicted octanol–water partition coefficient (Wildman–Crippen LogP) is 2.17. The van der Waals surface area contributed by atoms with Crippen LogP contribution in [0, 0.1) is 12.7 Å². The van der Waals surface area contributed by atoms with Crippen molar-refractivity contribution in [1.29, 1.82) is 0 Å². The molecule has 1 aromatic rings. The molecule has 0 aliphatic rings. The monoisotopic (exact) mass is 217 g/mol. The highest BCUT2D eigenvalue weighted by atomic mass is 35.5. The van der Waals surface area contributed by atoms with Crippen LogP contribution in [0.3, 0.4) is 0 Å². The maximum absolute atomic E-state index is 13.2. The zero-order valence-corrected chi connectivity index (χ0v) is 8.85. The molecule has 2 unspecified atom stereocenters. The number of benzene rings is 1. The van der Waals surface area contributed by atoms with Crippen LogP contribution in [-0.4, -0.2) is 11.2 Å². The Morgan fingerprint density at radius 1 is 1.50 bits per heavy atom. The number of nitrogens with two attached hydrogens (primary N) is 1. The lowest BCUT2D eigenvalue weighted by atomic mass is 10.0. The topological polar surface area (TPSA) is 46.2 Å². The summed E-state index contributed by atoms with van der Waals surface area (Å²) in [5, 5.41) is 9.64. The fourth-order valence-electron chi connectivity index (χ4n) is 1.18. The second kappa shape index (κ2) is 4.26. The summed E-state index contributed by atoms with van der Waals surface area (Å²) >= 11 is 5.88. The molecule has 0 spiro atoms. The molecule has 4 heteroatoms. The van der Waals surface area contributed by atoms with Crippen molar-refractivity contribution in [2.75, 3.05) is 0 Å². The van der Waals surface area contributed by atoms with Gasteiger partial charge < -0.3 is 10.8 Å². The molecule has 1 rings (SSSR count). The van der Waals surface area contributed by atoms with Gasteiger partial charge in [-0.1, -0.05) is 11.6 Å². The number of aliphatic hydroxyl groups is 1. The van der Waals surface area contributed by atoms with Crippen LogP contribution in [0.25, 0.3) is 0 Å². The first-order valence-corrected chi connectivity index (χ1v) is 4.70. The van der Waals surface area contributed by atoms with E-state index in [1.807, 2.05) is 0 Å². The van der Waals surface area contributed by atoms with Crippen LogP contribution >= 0.6 is 11.6 Å². The fourth-order valence-corrected chi connectivity index (χ4v) is 1.52. The van der Waals surface area contributed by atoms with E-state index in [2.05, 4.69) is 0 Å². The van der Waals surface area contributed by atoms with Gasteiger partial charge in [0.05, 0.1) is 12.1 Å². The van der Waals surface area contributed by atoms with E-state index in [1.165, 1.54) is 12.1 Å². The summed E-state index contributed by atoms with van der Waals surface area (Å²) < 4.78 is 13.2. The number of rotatable bonds is 2. The van der Waals surface area contributed by atoms with Crippen molar-refractivity contribution in [2.45, 2.75) is 26.0 Å². The SMILES string of the molecule is Cc1cc(Cl)c(C(N)C(C)O)cc1F. The Balaban J connectivity index is 3.15. The van der Waals surface area contributed by atoms with E-state index >= 15 is 0 Å². The maximum Gasteiger partial charge on any atom is 0.126 e. The number of aliphatic hydroxyl groups excluding tert-OH is 1. The second-order valence-corrected chi connectivity index (χ2v) is 3.80. The first-order chi connectivity index (χ1) is 6.43. The van der Waals surface area contributed by atoms with Crippen LogP contribution in [0.15, 0.2) is 12.1 Å². The molecule has 0 aliphatic heterocycles. The van der Waals surface area contributed by atoms with Gasteiger partial charge in [-0.15, -0.1) is 0 Å². The van der Waals surface area contributed by atoms with Gasteiger partial charge in [0.15, 0.2) is 0 Å². The molecule has 0 saturated heterocycles. The zero-order chi connectivity index (χ0) is 10.9. The summed E-state index contributed by atoms with van der Waals surface area (Å²) in [6.45, 7) is 3.16. The van der Waals surface area contributed by atoms with Crippen LogP contribution in [0.2, 0.25) is 5.02 Å². The highest BCUT2D eigenvalue weighted by Gasteiger charge is 2.16. The molecule has 78 valence electrons. The molecule has 0 radical (unpaired) electrons. The van der Waals surface area contributed by atoms with Gasteiger partial charge in [-0.3, -0.25) is 0 Å². The van der Waals surface area contributed by atoms with E-state index < -0.39 is 12.1 Å². The van der Waals surface area contributed by atoms with Crippen molar-refractivity contribution >= 4 is 11.6 Å². The molecule has 2 atom stereocenters. The lowest BCUT2D eigenvalue weighted by Crippen LogP contribution is -2.23. The minimum absolute atomic E-state index is 0.361. The van der Waals surface area contributed by atoms with E-state index in [1.54, 1.807) is 13.8 Å². The molecule has 0 aromatic heterocycles. The Hall–Kier alpha value is -0.640. The standard InChI is InChI=1S/C10H13ClFNO/c1-5-3-8(11)7(4-9(5)12)10(13)6(2)14/h3-4,6,10,14H,13H2,1-2H3. The Labute approximate surface area is 87.5 Å². The molecule has 2 nitrogen and oxygen atoms in total. The number of hydrogen-bond acceptors (Lipinski definition) is 2. The number of halogens is 2. The lowest BCUT2D eigenvalue weighted by Gasteiger charge is -2.17. The van der Waals surface area contributed by atoms with Crippen LogP contribution in [0.4, 0.5) is 4.39 Å². The van der Waals surface area contributed by atoms with E-state index in [4.69, 9.17) is 17.3 Å². The van der Waals surface area contributed by atoms with Gasteiger partial charge >= 0.3 is 0 Å². The van der Waals surface area contributed by atoms with E-state index in [0.29, 0.717) is 16.1 Å². The summed E-state index contributed by atoms with van der Waals surface area (Å²) in [4.78, 5) is 0. The molecular formula is C10H13ClFNO. The summed E-state index contributed by atoms with van der Waals surface area (Å²) in [6.07, 6.45) is -0.755. The van der Waals surface area contributed by atoms with E-state index in [0.717, 1.165) is 0 Å². The normalized spacial score (nSPS) is 15.3. The van der Waals surface area contributed by atoms with Crippen molar-refractivity contribution in [2.24, 2.45) is 5.73 Å². The van der Waals surface area contributed by atoms with Gasteiger partial charge in [0.2, 0.25) is 0 Å². The third-order valence-corrected chi connectivity index (χ3v) is 2.48. The molecule has 0 aliphatic carbocycles. The Morgan fingerprint density at radius 3 is 2.57 bits per heavy atom. The van der Waals surface area contributed by atoms with Crippen LogP contribution < -0.4 is 5.73 Å². The highest BCUT2D eigenvalue weighted by molar-refractivity contribution is 6.31. The van der Waals surface area contributed by atoms with Gasteiger partial charge in [-0.25, -0.2) is 4.39 Å². The minimum atomic E-state index is -0.755. The van der Waals surface area contributed by atoms with Crippen molar-refractivity contribution in [1.82, 2.24) is 0 Å². The Morgan fingerprint density at radius 2 is 2.07 bits per heavy atom. The summed E-state index contributed by atoms with van der Waals surface area (Å²) in [5.74, 6) is -0.361. The number of aryl methyl sites for hydroxylation is 1. The predicted molar refractivity (Wildman–Crippen MR) is 54.8 cm³/mol. The third kappa shape index (κ3) is 2.23. The van der Waals surface area contributed by atoms with Crippen molar-refractivity contribution in [3.63, 3.8) is 0 Å². The van der Waals surface area contributed by atoms with E-state index in [-0.39, 0.29) is 5.82 Å². The highest BCUT2D eigenvalue weighted by Crippen LogP contribution is 2.26. The van der Waals surface area contributed by atoms with Crippen molar-refractivity contribution in [3.05, 3.63) is 34.1 Å². The Kier molecular flexibility index (Phi) is 3.48. The summed E-state index contributed by atoms with van der Waals surface area (Å²) in [5.41, 5.74) is 6.56. The average Bonchev–Trinajstić information content (AvgIpc) is 2.10. The molecule has 14 heavy (non-hydrogen) atoms. The van der Waals surface area contributed by atoms with Crippen LogP contribution in [0.5, 0.6) is 0 Å². The molecule has 1 aromatic carbocycles. The molecule has 0 fully saturated rings. The minimum Gasteiger partial charge on any atom is -0.391 e. The average molecular weight is 218 g/mol. The summed E-state index contributed by atoms with van der Waals surface area (Å²) in [7, 11) is 0. The van der Waals surface area contributed by atoms with Crippen molar-refractivity contribution in [3.8, 4) is 0 Å². The zero-order valence-electron chi connectivity index (χ0n) is 8.09. The first-order valence-electron chi connectivity index (χ1n) is 4.32. The molecule has 3 N–H and O–H groups in total. The van der Waals surface area contributed by atoms with Gasteiger partial charge in [0.25, 0.3) is 0 Å². The quantitative estimate of drug-likeness (QED) is 0.798. The fraction of sp³-hybridized carbons (Fsp3) is 0.400. The van der Waals surface area contributed by atoms with Gasteiger partial charge in [0.1, 0.15) is 5.82 Å². The number of hydrogen-bond donors (Lipinski definition) is 2. The molecule has 0 heterocycles. The van der Waals surface area contributed by atoms with Crippen LogP contribution in [0.1, 0.15) is 24.1 Å². The van der Waals surface area contributed by atoms with Gasteiger partial charge in [0, 0.05) is 5.02 Å². The third-order valence-electron chi connectivity index (χ3n) is 2.16. The summed E-state index contributed by atoms with van der Waals surface area (Å²) in [6, 6.07) is 2.13. The second-order valence-electron chi connectivity index (χ2n) is 3.39. The van der Waals surface area contributed by atoms with E-state index in [9.17, 15) is 9.50 Å². The smallest absolute Gasteiger partial charge is 0.126 e. The van der Waals surface area contributed by atoms with Gasteiger partial charge in [-0.05, 0) is 37.1 Å². The Bertz CT molecular complexity index is 341. The van der Waals surface area contributed by atoms with Crippen LogP contribution in [-0.2, 0) is 0 Å². The first kappa shape index (κ1) is 11.4. The molecule has 0 bridgehead atoms. The molecule has 0 saturated carbocycles. The van der Waals surface area contributed by atoms with Crippen molar-refractivity contribution < 1.29 is 9.50 Å². The van der Waals surface area contributed by atoms with Gasteiger partial charge in [-0.2, -0.15) is 0 Å². The molecule has 0 amide bonds. The lowest BCUT2D eigenvalue weighted by molar-refractivity contribution is 0.164. The molecular weight excluding hydrogens is 205 g/mol. The maximum atomic E-state index is 13.2.